The highest BCUT2D eigenvalue weighted by molar-refractivity contribution is 6.12. The minimum absolute atomic E-state index is 0.127. The van der Waals surface area contributed by atoms with Crippen LogP contribution in [0.25, 0.3) is 0 Å². The van der Waals surface area contributed by atoms with E-state index in [1.165, 1.54) is 0 Å². The molecule has 4 aromatic carbocycles. The number of carboxylic acids is 1. The van der Waals surface area contributed by atoms with Gasteiger partial charge < -0.3 is 20.1 Å². The van der Waals surface area contributed by atoms with Crippen LogP contribution in [-0.4, -0.2) is 42.0 Å². The Morgan fingerprint density at radius 2 is 1.45 bits per heavy atom. The monoisotopic (exact) mass is 592 g/mol. The van der Waals surface area contributed by atoms with Crippen molar-refractivity contribution in [3.05, 3.63) is 126 Å². The van der Waals surface area contributed by atoms with E-state index in [0.29, 0.717) is 48.6 Å². The first-order chi connectivity index (χ1) is 21.5. The summed E-state index contributed by atoms with van der Waals surface area (Å²) in [6.07, 6.45) is 4.42. The number of hydrogen-bond donors (Lipinski definition) is 2. The summed E-state index contributed by atoms with van der Waals surface area (Å²) in [6.45, 7) is 3.13. The second-order valence-electron chi connectivity index (χ2n) is 10.7. The number of aliphatic carboxylic acids is 1. The lowest BCUT2D eigenvalue weighted by molar-refractivity contribution is -0.137. The second-order valence-corrected chi connectivity index (χ2v) is 10.7. The van der Waals surface area contributed by atoms with Gasteiger partial charge in [-0.1, -0.05) is 92.6 Å². The molecule has 1 atom stereocenters. The molecule has 0 saturated heterocycles. The maximum atomic E-state index is 13.1. The Hall–Kier alpha value is -4.91. The van der Waals surface area contributed by atoms with Gasteiger partial charge in [-0.05, 0) is 54.8 Å². The molecule has 4 rings (SSSR count). The van der Waals surface area contributed by atoms with E-state index in [9.17, 15) is 19.5 Å². The molecule has 44 heavy (non-hydrogen) atoms. The van der Waals surface area contributed by atoms with Gasteiger partial charge in [0.2, 0.25) is 5.91 Å². The first kappa shape index (κ1) is 32.0. The molecule has 0 aliphatic heterocycles. The van der Waals surface area contributed by atoms with Crippen LogP contribution in [0.2, 0.25) is 0 Å². The highest BCUT2D eigenvalue weighted by Crippen LogP contribution is 2.22. The summed E-state index contributed by atoms with van der Waals surface area (Å²) >= 11 is 0. The molecule has 4 aromatic rings. The van der Waals surface area contributed by atoms with Crippen LogP contribution in [0.1, 0.15) is 60.5 Å². The van der Waals surface area contributed by atoms with Crippen molar-refractivity contribution < 1.29 is 24.2 Å². The summed E-state index contributed by atoms with van der Waals surface area (Å²) in [4.78, 5) is 40.0. The van der Waals surface area contributed by atoms with E-state index < -0.39 is 12.0 Å². The average molecular weight is 593 g/mol. The average Bonchev–Trinajstić information content (AvgIpc) is 3.06. The van der Waals surface area contributed by atoms with Gasteiger partial charge in [0.05, 0.1) is 6.61 Å². The SMILES string of the molecule is CCCCCC(=O)N(CCCOc1ccc(CC(Nc2ccccc2C(=O)c2ccccc2)C(=O)O)cc1)c1ccccc1. The van der Waals surface area contributed by atoms with Crippen LogP contribution in [-0.2, 0) is 16.0 Å². The number of amides is 1. The van der Waals surface area contributed by atoms with Gasteiger partial charge in [0.15, 0.2) is 5.78 Å². The van der Waals surface area contributed by atoms with Gasteiger partial charge in [-0.25, -0.2) is 4.79 Å². The van der Waals surface area contributed by atoms with Crippen molar-refractivity contribution in [1.29, 1.82) is 0 Å². The van der Waals surface area contributed by atoms with Crippen LogP contribution >= 0.6 is 0 Å². The smallest absolute Gasteiger partial charge is 0.326 e. The normalized spacial score (nSPS) is 11.4. The quantitative estimate of drug-likeness (QED) is 0.0979. The van der Waals surface area contributed by atoms with Crippen LogP contribution in [0.4, 0.5) is 11.4 Å². The highest BCUT2D eigenvalue weighted by atomic mass is 16.5. The molecule has 1 unspecified atom stereocenters. The lowest BCUT2D eigenvalue weighted by atomic mass is 10.00. The first-order valence-corrected chi connectivity index (χ1v) is 15.2. The summed E-state index contributed by atoms with van der Waals surface area (Å²) in [5.74, 6) is -0.387. The fourth-order valence-corrected chi connectivity index (χ4v) is 4.98. The summed E-state index contributed by atoms with van der Waals surface area (Å²) in [5, 5.41) is 13.0. The van der Waals surface area contributed by atoms with E-state index in [4.69, 9.17) is 4.74 Å². The van der Waals surface area contributed by atoms with Gasteiger partial charge in [-0.3, -0.25) is 9.59 Å². The molecule has 0 aliphatic rings. The number of ether oxygens (including phenoxy) is 1. The number of unbranched alkanes of at least 4 members (excludes halogenated alkanes) is 2. The van der Waals surface area contributed by atoms with Crippen LogP contribution in [0.15, 0.2) is 109 Å². The van der Waals surface area contributed by atoms with Gasteiger partial charge in [0, 0.05) is 41.9 Å². The number of rotatable bonds is 17. The predicted octanol–water partition coefficient (Wildman–Crippen LogP) is 7.41. The van der Waals surface area contributed by atoms with Crippen LogP contribution < -0.4 is 15.0 Å². The maximum Gasteiger partial charge on any atom is 0.326 e. The van der Waals surface area contributed by atoms with Crippen molar-refractivity contribution in [1.82, 2.24) is 0 Å². The fourth-order valence-electron chi connectivity index (χ4n) is 4.98. The van der Waals surface area contributed by atoms with E-state index >= 15 is 0 Å². The molecule has 0 heterocycles. The minimum atomic E-state index is -1.01. The number of nitrogens with one attached hydrogen (secondary N) is 1. The van der Waals surface area contributed by atoms with E-state index in [-0.39, 0.29) is 18.1 Å². The van der Waals surface area contributed by atoms with Gasteiger partial charge in [-0.2, -0.15) is 0 Å². The van der Waals surface area contributed by atoms with Crippen molar-refractivity contribution in [3.63, 3.8) is 0 Å². The van der Waals surface area contributed by atoms with Gasteiger partial charge in [0.25, 0.3) is 0 Å². The van der Waals surface area contributed by atoms with Gasteiger partial charge >= 0.3 is 5.97 Å². The topological polar surface area (TPSA) is 95.9 Å². The van der Waals surface area contributed by atoms with Crippen LogP contribution in [0, 0.1) is 0 Å². The number of hydrogen-bond acceptors (Lipinski definition) is 5. The molecule has 2 N–H and O–H groups in total. The third-order valence-corrected chi connectivity index (χ3v) is 7.36. The zero-order chi connectivity index (χ0) is 31.1. The number of nitrogens with zero attached hydrogens (tertiary/aromatic N) is 1. The van der Waals surface area contributed by atoms with Crippen molar-refractivity contribution in [2.24, 2.45) is 0 Å². The third kappa shape index (κ3) is 9.30. The number of carboxylic acid groups (broad SMARTS) is 1. The Balaban J connectivity index is 1.32. The molecule has 0 aromatic heterocycles. The lowest BCUT2D eigenvalue weighted by Gasteiger charge is -2.23. The molecule has 7 nitrogen and oxygen atoms in total. The number of benzene rings is 4. The summed E-state index contributed by atoms with van der Waals surface area (Å²) in [5.41, 5.74) is 3.14. The molecule has 7 heteroatoms. The largest absolute Gasteiger partial charge is 0.494 e. The van der Waals surface area contributed by atoms with Gasteiger partial charge in [-0.15, -0.1) is 0 Å². The number of para-hydroxylation sites is 2. The molecule has 0 spiro atoms. The third-order valence-electron chi connectivity index (χ3n) is 7.36. The summed E-state index contributed by atoms with van der Waals surface area (Å²) in [6, 6.07) is 32.0. The van der Waals surface area contributed by atoms with Crippen molar-refractivity contribution in [2.75, 3.05) is 23.4 Å². The number of ketones is 1. The second kappa shape index (κ2) is 16.7. The zero-order valence-electron chi connectivity index (χ0n) is 25.2. The number of carbonyl (C=O) groups excluding carboxylic acids is 2. The van der Waals surface area contributed by atoms with Crippen molar-refractivity contribution >= 4 is 29.0 Å². The van der Waals surface area contributed by atoms with Crippen molar-refractivity contribution in [3.8, 4) is 5.75 Å². The molecule has 0 fully saturated rings. The maximum absolute atomic E-state index is 13.1. The molecular formula is C37H40N2O5. The predicted molar refractivity (Wildman–Crippen MR) is 175 cm³/mol. The molecule has 0 aliphatic carbocycles. The zero-order valence-corrected chi connectivity index (χ0v) is 25.2. The fraction of sp³-hybridized carbons (Fsp3) is 0.270. The van der Waals surface area contributed by atoms with Crippen LogP contribution in [0.5, 0.6) is 5.75 Å². The first-order valence-electron chi connectivity index (χ1n) is 15.2. The standard InChI is InChI=1S/C37H40N2O5/c1-2-3-6-20-35(40)39(30-16-9-5-10-17-30)25-13-26-44-31-23-21-28(22-24-31)27-34(37(42)43)38-33-19-12-11-18-32(33)36(41)29-14-7-4-8-15-29/h4-5,7-12,14-19,21-24,34,38H,2-3,6,13,20,25-27H2,1H3,(H,42,43). The lowest BCUT2D eigenvalue weighted by Crippen LogP contribution is -2.32. The van der Waals surface area contributed by atoms with Gasteiger partial charge in [0.1, 0.15) is 11.8 Å². The molecule has 1 amide bonds. The van der Waals surface area contributed by atoms with Crippen molar-refractivity contribution in [2.45, 2.75) is 51.5 Å². The Morgan fingerprint density at radius 3 is 2.14 bits per heavy atom. The number of anilines is 2. The van der Waals surface area contributed by atoms with Crippen LogP contribution in [0.3, 0.4) is 0 Å². The summed E-state index contributed by atoms with van der Waals surface area (Å²) < 4.78 is 5.95. The number of carbonyl (C=O) groups is 3. The Labute approximate surface area is 259 Å². The van der Waals surface area contributed by atoms with E-state index in [0.717, 1.165) is 30.5 Å². The molecule has 228 valence electrons. The molecule has 0 radical (unpaired) electrons. The van der Waals surface area contributed by atoms with E-state index in [1.54, 1.807) is 48.5 Å². The molecule has 0 saturated carbocycles. The van der Waals surface area contributed by atoms with E-state index in [1.807, 2.05) is 65.6 Å². The Morgan fingerprint density at radius 1 is 0.795 bits per heavy atom. The molecular weight excluding hydrogens is 552 g/mol. The highest BCUT2D eigenvalue weighted by Gasteiger charge is 2.21. The minimum Gasteiger partial charge on any atom is -0.494 e. The Kier molecular flexibility index (Phi) is 12.1. The van der Waals surface area contributed by atoms with E-state index in [2.05, 4.69) is 12.2 Å². The summed E-state index contributed by atoms with van der Waals surface area (Å²) in [7, 11) is 0. The Bertz CT molecular complexity index is 1490. The molecule has 0 bridgehead atoms.